The van der Waals surface area contributed by atoms with Gasteiger partial charge in [0, 0.05) is 18.2 Å². The van der Waals surface area contributed by atoms with E-state index in [0.717, 1.165) is 23.4 Å². The van der Waals surface area contributed by atoms with E-state index in [-0.39, 0.29) is 17.2 Å². The second kappa shape index (κ2) is 8.39. The minimum atomic E-state index is -0.334. The first kappa shape index (κ1) is 20.3. The van der Waals surface area contributed by atoms with E-state index >= 15 is 0 Å². The number of thioether (sulfide) groups is 1. The Morgan fingerprint density at radius 2 is 1.97 bits per heavy atom. The number of amides is 1. The zero-order valence-electron chi connectivity index (χ0n) is 17.3. The fraction of sp³-hybridized carbons (Fsp3) is 0.318. The zero-order valence-corrected chi connectivity index (χ0v) is 18.1. The van der Waals surface area contributed by atoms with Gasteiger partial charge in [-0.15, -0.1) is 10.2 Å². The van der Waals surface area contributed by atoms with Crippen LogP contribution in [0, 0.1) is 0 Å². The first-order valence-corrected chi connectivity index (χ1v) is 10.8. The van der Waals surface area contributed by atoms with Gasteiger partial charge in [-0.1, -0.05) is 42.1 Å². The minimum Gasteiger partial charge on any atom is -0.497 e. The molecule has 1 aromatic heterocycles. The Kier molecular flexibility index (Phi) is 5.67. The summed E-state index contributed by atoms with van der Waals surface area (Å²) in [6.07, 6.45) is 1.42. The van der Waals surface area contributed by atoms with Crippen molar-refractivity contribution in [2.45, 2.75) is 43.1 Å². The number of benzene rings is 2. The van der Waals surface area contributed by atoms with Gasteiger partial charge in [0.25, 0.3) is 0 Å². The first-order chi connectivity index (χ1) is 14.5. The highest BCUT2D eigenvalue weighted by molar-refractivity contribution is 8.00. The van der Waals surface area contributed by atoms with Crippen LogP contribution in [0.3, 0.4) is 0 Å². The second-order valence-corrected chi connectivity index (χ2v) is 8.75. The summed E-state index contributed by atoms with van der Waals surface area (Å²) < 4.78 is 6.66. The van der Waals surface area contributed by atoms with Crippen LogP contribution in [0.5, 0.6) is 5.75 Å². The van der Waals surface area contributed by atoms with Crippen molar-refractivity contribution in [2.75, 3.05) is 17.9 Å². The van der Waals surface area contributed by atoms with E-state index in [1.807, 2.05) is 54.3 Å². The topological polar surface area (TPSA) is 86.3 Å². The van der Waals surface area contributed by atoms with Crippen LogP contribution < -0.4 is 15.5 Å². The summed E-state index contributed by atoms with van der Waals surface area (Å²) in [5, 5.41) is 8.63. The maximum absolute atomic E-state index is 13.2. The molecule has 1 aliphatic heterocycles. The number of rotatable bonds is 6. The molecule has 1 amide bonds. The number of hydrogen-bond donors (Lipinski definition) is 1. The van der Waals surface area contributed by atoms with Gasteiger partial charge in [0.05, 0.1) is 12.4 Å². The minimum absolute atomic E-state index is 0.0529. The van der Waals surface area contributed by atoms with E-state index < -0.39 is 0 Å². The summed E-state index contributed by atoms with van der Waals surface area (Å²) in [4.78, 5) is 15.1. The predicted octanol–water partition coefficient (Wildman–Crippen LogP) is 3.05. The molecule has 4 rings (SSSR count). The third-order valence-corrected chi connectivity index (χ3v) is 6.38. The predicted molar refractivity (Wildman–Crippen MR) is 118 cm³/mol. The summed E-state index contributed by atoms with van der Waals surface area (Å²) in [5.41, 5.74) is 3.26. The summed E-state index contributed by atoms with van der Waals surface area (Å²) >= 11 is 1.33. The van der Waals surface area contributed by atoms with Crippen molar-refractivity contribution in [3.05, 3.63) is 65.5 Å². The number of nitrogen functional groups attached to an aromatic ring is 1. The van der Waals surface area contributed by atoms with Crippen LogP contribution in [0.25, 0.3) is 0 Å². The molecule has 2 aromatic carbocycles. The number of carbonyl (C=O) groups excluding carboxylic acids is 1. The van der Waals surface area contributed by atoms with Crippen LogP contribution in [0.4, 0.5) is 5.69 Å². The fourth-order valence-corrected chi connectivity index (χ4v) is 4.58. The number of ether oxygens (including phenoxy) is 1. The largest absolute Gasteiger partial charge is 0.497 e. The molecule has 2 N–H and O–H groups in total. The number of para-hydroxylation sites is 1. The van der Waals surface area contributed by atoms with Crippen molar-refractivity contribution in [1.82, 2.24) is 14.9 Å². The third-order valence-electron chi connectivity index (χ3n) is 5.33. The van der Waals surface area contributed by atoms with Crippen molar-refractivity contribution in [2.24, 2.45) is 0 Å². The Morgan fingerprint density at radius 3 is 2.70 bits per heavy atom. The Labute approximate surface area is 180 Å². The maximum atomic E-state index is 13.2. The molecule has 0 aliphatic carbocycles. The van der Waals surface area contributed by atoms with Crippen molar-refractivity contribution in [3.8, 4) is 5.75 Å². The standard InChI is InChI=1S/C22H25N5O2S/c1-14-12-17-6-4-5-7-19(17)26(14)21(28)15(2)30-22-25-24-20(27(22)23)13-16-8-10-18(29-3)11-9-16/h4-11,14-15H,12-13,23H2,1-3H3/t14-,15+/m1/s1. The van der Waals surface area contributed by atoms with Crippen molar-refractivity contribution in [1.29, 1.82) is 0 Å². The highest BCUT2D eigenvalue weighted by Crippen LogP contribution is 2.34. The molecule has 0 unspecified atom stereocenters. The number of nitrogens with two attached hydrogens (primary N) is 1. The molecular formula is C22H25N5O2S. The van der Waals surface area contributed by atoms with Gasteiger partial charge in [-0.05, 0) is 49.6 Å². The lowest BCUT2D eigenvalue weighted by molar-refractivity contribution is -0.118. The summed E-state index contributed by atoms with van der Waals surface area (Å²) in [7, 11) is 1.64. The summed E-state index contributed by atoms with van der Waals surface area (Å²) in [6, 6.07) is 16.0. The lowest BCUT2D eigenvalue weighted by Gasteiger charge is -2.25. The Bertz CT molecular complexity index is 1050. The molecule has 0 saturated carbocycles. The third kappa shape index (κ3) is 3.87. The summed E-state index contributed by atoms with van der Waals surface area (Å²) in [6.45, 7) is 3.96. The number of fused-ring (bicyclic) bond motifs is 1. The number of hydrogen-bond acceptors (Lipinski definition) is 6. The van der Waals surface area contributed by atoms with E-state index in [1.165, 1.54) is 22.0 Å². The molecule has 0 bridgehead atoms. The average Bonchev–Trinajstić information content (AvgIpc) is 3.27. The Morgan fingerprint density at radius 1 is 1.23 bits per heavy atom. The number of methoxy groups -OCH3 is 1. The Hall–Kier alpha value is -3.00. The SMILES string of the molecule is COc1ccc(Cc2nnc(S[C@@H](C)C(=O)N3c4ccccc4C[C@H]3C)n2N)cc1. The zero-order chi connectivity index (χ0) is 21.3. The molecule has 156 valence electrons. The van der Waals surface area contributed by atoms with Gasteiger partial charge in [-0.25, -0.2) is 4.68 Å². The van der Waals surface area contributed by atoms with Gasteiger partial charge in [0.15, 0.2) is 5.82 Å². The van der Waals surface area contributed by atoms with Gasteiger partial charge >= 0.3 is 0 Å². The number of carbonyl (C=O) groups is 1. The molecule has 0 fully saturated rings. The lowest BCUT2D eigenvalue weighted by atomic mass is 10.1. The van der Waals surface area contributed by atoms with E-state index in [1.54, 1.807) is 7.11 Å². The molecule has 3 aromatic rings. The first-order valence-electron chi connectivity index (χ1n) is 9.88. The molecule has 7 nitrogen and oxygen atoms in total. The van der Waals surface area contributed by atoms with Gasteiger partial charge in [0.2, 0.25) is 11.1 Å². The fourth-order valence-electron chi connectivity index (χ4n) is 3.74. The van der Waals surface area contributed by atoms with Crippen LogP contribution in [-0.2, 0) is 17.6 Å². The van der Waals surface area contributed by atoms with Gasteiger partial charge in [-0.2, -0.15) is 0 Å². The smallest absolute Gasteiger partial charge is 0.240 e. The maximum Gasteiger partial charge on any atom is 0.240 e. The number of nitrogens with zero attached hydrogens (tertiary/aromatic N) is 4. The molecule has 2 atom stereocenters. The average molecular weight is 424 g/mol. The number of anilines is 1. The van der Waals surface area contributed by atoms with Crippen molar-refractivity contribution >= 4 is 23.4 Å². The normalized spacial score (nSPS) is 16.4. The lowest BCUT2D eigenvalue weighted by Crippen LogP contribution is -2.40. The van der Waals surface area contributed by atoms with Crippen LogP contribution in [-0.4, -0.2) is 39.2 Å². The monoisotopic (exact) mass is 423 g/mol. The van der Waals surface area contributed by atoms with Gasteiger partial charge in [-0.3, -0.25) is 4.79 Å². The number of aromatic nitrogens is 3. The molecule has 2 heterocycles. The van der Waals surface area contributed by atoms with Gasteiger partial charge in [0.1, 0.15) is 5.75 Å². The Balaban J connectivity index is 1.46. The molecule has 8 heteroatoms. The van der Waals surface area contributed by atoms with Crippen LogP contribution in [0.15, 0.2) is 53.7 Å². The van der Waals surface area contributed by atoms with E-state index in [4.69, 9.17) is 10.6 Å². The van der Waals surface area contributed by atoms with Crippen molar-refractivity contribution < 1.29 is 9.53 Å². The molecule has 1 aliphatic rings. The van der Waals surface area contributed by atoms with E-state index in [0.29, 0.717) is 17.4 Å². The van der Waals surface area contributed by atoms with Crippen LogP contribution in [0.2, 0.25) is 0 Å². The second-order valence-electron chi connectivity index (χ2n) is 7.44. The quantitative estimate of drug-likeness (QED) is 0.484. The van der Waals surface area contributed by atoms with E-state index in [9.17, 15) is 4.79 Å². The molecular weight excluding hydrogens is 398 g/mol. The molecule has 0 spiro atoms. The van der Waals surface area contributed by atoms with Crippen LogP contribution in [0.1, 0.15) is 30.8 Å². The highest BCUT2D eigenvalue weighted by Gasteiger charge is 2.34. The van der Waals surface area contributed by atoms with Crippen LogP contribution >= 0.6 is 11.8 Å². The van der Waals surface area contributed by atoms with E-state index in [2.05, 4.69) is 23.2 Å². The molecule has 0 radical (unpaired) electrons. The van der Waals surface area contributed by atoms with Crippen molar-refractivity contribution in [3.63, 3.8) is 0 Å². The molecule has 0 saturated heterocycles. The van der Waals surface area contributed by atoms with Gasteiger partial charge < -0.3 is 15.5 Å². The summed E-state index contributed by atoms with van der Waals surface area (Å²) in [5.74, 6) is 7.73. The highest BCUT2D eigenvalue weighted by atomic mass is 32.2. The molecule has 30 heavy (non-hydrogen) atoms.